The van der Waals surface area contributed by atoms with Crippen molar-refractivity contribution in [1.29, 1.82) is 5.41 Å². The molecule has 0 radical (unpaired) electrons. The van der Waals surface area contributed by atoms with Gasteiger partial charge in [-0.2, -0.15) is 0 Å². The number of H-pyrrole nitrogens is 1. The topological polar surface area (TPSA) is 64.4 Å². The normalized spacial score (nSPS) is 15.4. The van der Waals surface area contributed by atoms with E-state index in [0.29, 0.717) is 12.3 Å². The number of nitrogens with zero attached hydrogens (tertiary/aromatic N) is 2. The number of fused-ring (bicyclic) bond motifs is 1. The van der Waals surface area contributed by atoms with E-state index >= 15 is 0 Å². The van der Waals surface area contributed by atoms with E-state index in [0.717, 1.165) is 11.3 Å². The highest BCUT2D eigenvalue weighted by Crippen LogP contribution is 2.23. The fourth-order valence-electron chi connectivity index (χ4n) is 0.952. The molecule has 1 aromatic rings. The van der Waals surface area contributed by atoms with Crippen LogP contribution in [-0.4, -0.2) is 10.8 Å². The van der Waals surface area contributed by atoms with Crippen molar-refractivity contribution in [3.63, 3.8) is 0 Å². The summed E-state index contributed by atoms with van der Waals surface area (Å²) in [5.41, 5.74) is 1.91. The average molecular weight is 134 g/mol. The Balaban J connectivity index is 2.52. The minimum absolute atomic E-state index is 0.326. The number of hydrogen-bond donors (Lipinski definition) is 2. The molecular weight excluding hydrogens is 128 g/mol. The lowest BCUT2D eigenvalue weighted by molar-refractivity contribution is 1.11. The van der Waals surface area contributed by atoms with Gasteiger partial charge in [0.1, 0.15) is 11.5 Å². The molecule has 10 heavy (non-hydrogen) atoms. The molecule has 0 spiro atoms. The quantitative estimate of drug-likeness (QED) is 0.541. The van der Waals surface area contributed by atoms with Gasteiger partial charge in [-0.15, -0.1) is 10.2 Å². The summed E-state index contributed by atoms with van der Waals surface area (Å²) >= 11 is 0. The number of aromatic nitrogens is 1. The number of rotatable bonds is 0. The van der Waals surface area contributed by atoms with Gasteiger partial charge in [0.2, 0.25) is 0 Å². The van der Waals surface area contributed by atoms with Crippen molar-refractivity contribution in [2.24, 2.45) is 10.2 Å². The first-order chi connectivity index (χ1) is 4.86. The van der Waals surface area contributed by atoms with Gasteiger partial charge < -0.3 is 4.98 Å². The molecular formula is C6H6N4. The zero-order chi connectivity index (χ0) is 6.97. The Kier molecular flexibility index (Phi) is 0.943. The molecule has 1 aliphatic heterocycles. The van der Waals surface area contributed by atoms with Crippen molar-refractivity contribution in [3.05, 3.63) is 18.0 Å². The van der Waals surface area contributed by atoms with Gasteiger partial charge in [-0.05, 0) is 0 Å². The van der Waals surface area contributed by atoms with Crippen LogP contribution in [0.5, 0.6) is 0 Å². The van der Waals surface area contributed by atoms with Crippen molar-refractivity contribution in [1.82, 2.24) is 4.98 Å². The van der Waals surface area contributed by atoms with Crippen LogP contribution in [0.2, 0.25) is 0 Å². The number of aromatic amines is 1. The molecule has 0 saturated carbocycles. The highest BCUT2D eigenvalue weighted by atomic mass is 15.1. The van der Waals surface area contributed by atoms with Gasteiger partial charge in [0.25, 0.3) is 0 Å². The lowest BCUT2D eigenvalue weighted by Gasteiger charge is -2.01. The highest BCUT2D eigenvalue weighted by molar-refractivity contribution is 5.84. The summed E-state index contributed by atoms with van der Waals surface area (Å²) in [6.45, 7) is 0. The second-order valence-electron chi connectivity index (χ2n) is 2.19. The van der Waals surface area contributed by atoms with E-state index in [1.165, 1.54) is 0 Å². The minimum Gasteiger partial charge on any atom is -0.365 e. The maximum atomic E-state index is 7.18. The van der Waals surface area contributed by atoms with E-state index in [9.17, 15) is 0 Å². The van der Waals surface area contributed by atoms with Crippen molar-refractivity contribution in [3.8, 4) is 0 Å². The average Bonchev–Trinajstić information content (AvgIpc) is 2.33. The SMILES string of the molecule is N=C1Cc2c[nH]cc2N=N1. The number of hydrogen-bond acceptors (Lipinski definition) is 2. The molecule has 0 amide bonds. The van der Waals surface area contributed by atoms with Crippen LogP contribution in [0, 0.1) is 5.41 Å². The molecule has 2 rings (SSSR count). The van der Waals surface area contributed by atoms with Gasteiger partial charge in [0.15, 0.2) is 0 Å². The van der Waals surface area contributed by atoms with Crippen LogP contribution in [0.1, 0.15) is 5.56 Å². The van der Waals surface area contributed by atoms with Gasteiger partial charge in [-0.3, -0.25) is 5.41 Å². The third-order valence-corrected chi connectivity index (χ3v) is 1.44. The zero-order valence-corrected chi connectivity index (χ0v) is 5.26. The minimum atomic E-state index is 0.326. The van der Waals surface area contributed by atoms with E-state index < -0.39 is 0 Å². The van der Waals surface area contributed by atoms with Crippen LogP contribution in [0.15, 0.2) is 22.6 Å². The Bertz CT molecular complexity index is 296. The lowest BCUT2D eigenvalue weighted by atomic mass is 10.2. The molecule has 0 aromatic carbocycles. The summed E-state index contributed by atoms with van der Waals surface area (Å²) in [7, 11) is 0. The molecule has 0 unspecified atom stereocenters. The first-order valence-corrected chi connectivity index (χ1v) is 3.01. The summed E-state index contributed by atoms with van der Waals surface area (Å²) in [5, 5.41) is 14.6. The molecule has 0 saturated heterocycles. The first-order valence-electron chi connectivity index (χ1n) is 3.01. The summed E-state index contributed by atoms with van der Waals surface area (Å²) in [6.07, 6.45) is 4.23. The second-order valence-corrected chi connectivity index (χ2v) is 2.19. The zero-order valence-electron chi connectivity index (χ0n) is 5.26. The van der Waals surface area contributed by atoms with Crippen LogP contribution in [0.4, 0.5) is 5.69 Å². The van der Waals surface area contributed by atoms with Crippen molar-refractivity contribution in [2.45, 2.75) is 6.42 Å². The van der Waals surface area contributed by atoms with E-state index in [2.05, 4.69) is 15.2 Å². The third-order valence-electron chi connectivity index (χ3n) is 1.44. The Hall–Kier alpha value is -1.45. The lowest BCUT2D eigenvalue weighted by Crippen LogP contribution is -1.98. The molecule has 2 heterocycles. The maximum Gasteiger partial charge on any atom is 0.147 e. The van der Waals surface area contributed by atoms with E-state index in [4.69, 9.17) is 5.41 Å². The molecule has 0 aliphatic carbocycles. The van der Waals surface area contributed by atoms with Gasteiger partial charge in [-0.25, -0.2) is 0 Å². The predicted molar refractivity (Wildman–Crippen MR) is 36.7 cm³/mol. The maximum absolute atomic E-state index is 7.18. The van der Waals surface area contributed by atoms with Gasteiger partial charge in [0.05, 0.1) is 0 Å². The van der Waals surface area contributed by atoms with Crippen molar-refractivity contribution >= 4 is 11.5 Å². The molecule has 0 bridgehead atoms. The van der Waals surface area contributed by atoms with Crippen LogP contribution in [0.3, 0.4) is 0 Å². The Morgan fingerprint density at radius 1 is 1.40 bits per heavy atom. The van der Waals surface area contributed by atoms with Gasteiger partial charge in [0, 0.05) is 24.4 Å². The number of azo groups is 1. The molecule has 1 aliphatic rings. The van der Waals surface area contributed by atoms with Gasteiger partial charge in [-0.1, -0.05) is 0 Å². The van der Waals surface area contributed by atoms with Crippen LogP contribution >= 0.6 is 0 Å². The summed E-state index contributed by atoms with van der Waals surface area (Å²) in [5.74, 6) is 0.326. The Labute approximate surface area is 57.5 Å². The summed E-state index contributed by atoms with van der Waals surface area (Å²) in [4.78, 5) is 2.91. The molecule has 50 valence electrons. The van der Waals surface area contributed by atoms with Crippen LogP contribution < -0.4 is 0 Å². The van der Waals surface area contributed by atoms with E-state index in [1.807, 2.05) is 6.20 Å². The summed E-state index contributed by atoms with van der Waals surface area (Å²) < 4.78 is 0. The molecule has 2 N–H and O–H groups in total. The van der Waals surface area contributed by atoms with Crippen molar-refractivity contribution in [2.75, 3.05) is 0 Å². The van der Waals surface area contributed by atoms with Crippen LogP contribution in [-0.2, 0) is 6.42 Å². The molecule has 0 atom stereocenters. The largest absolute Gasteiger partial charge is 0.365 e. The fourth-order valence-corrected chi connectivity index (χ4v) is 0.952. The monoisotopic (exact) mass is 134 g/mol. The Morgan fingerprint density at radius 2 is 2.30 bits per heavy atom. The number of amidine groups is 1. The molecule has 4 heteroatoms. The van der Waals surface area contributed by atoms with E-state index in [-0.39, 0.29) is 0 Å². The molecule has 4 nitrogen and oxygen atoms in total. The predicted octanol–water partition coefficient (Wildman–Crippen LogP) is 1.63. The first kappa shape index (κ1) is 5.34. The standard InChI is InChI=1S/C6H6N4/c7-6-1-4-2-8-3-5(4)9-10-6/h2-3,7-8H,1H2. The smallest absolute Gasteiger partial charge is 0.147 e. The van der Waals surface area contributed by atoms with Crippen LogP contribution in [0.25, 0.3) is 0 Å². The number of nitrogens with one attached hydrogen (secondary N) is 2. The highest BCUT2D eigenvalue weighted by Gasteiger charge is 2.09. The second kappa shape index (κ2) is 1.76. The summed E-state index contributed by atoms with van der Waals surface area (Å²) in [6, 6.07) is 0. The van der Waals surface area contributed by atoms with Crippen molar-refractivity contribution < 1.29 is 0 Å². The van der Waals surface area contributed by atoms with E-state index in [1.54, 1.807) is 6.20 Å². The molecule has 0 fully saturated rings. The fraction of sp³-hybridized carbons (Fsp3) is 0.167. The molecule has 1 aromatic heterocycles. The Morgan fingerprint density at radius 3 is 3.20 bits per heavy atom. The third kappa shape index (κ3) is 0.655. The van der Waals surface area contributed by atoms with Gasteiger partial charge >= 0.3 is 0 Å².